The number of amides is 1. The van der Waals surface area contributed by atoms with E-state index >= 15 is 0 Å². The maximum absolute atomic E-state index is 11.7. The zero-order valence-corrected chi connectivity index (χ0v) is 18.5. The highest BCUT2D eigenvalue weighted by atomic mass is 32.1. The van der Waals surface area contributed by atoms with Gasteiger partial charge in [-0.1, -0.05) is 12.1 Å². The van der Waals surface area contributed by atoms with Gasteiger partial charge in [0.15, 0.2) is 16.8 Å². The van der Waals surface area contributed by atoms with Gasteiger partial charge in [-0.15, -0.1) is 0 Å². The number of aromatic nitrogens is 3. The zero-order valence-electron chi connectivity index (χ0n) is 17.6. The maximum Gasteiger partial charge on any atom is 0.217 e. The van der Waals surface area contributed by atoms with Crippen molar-refractivity contribution in [2.75, 3.05) is 6.61 Å². The second-order valence-corrected chi connectivity index (χ2v) is 7.81. The van der Waals surface area contributed by atoms with Crippen LogP contribution in [0, 0.1) is 11.7 Å². The lowest BCUT2D eigenvalue weighted by Gasteiger charge is -2.42. The Morgan fingerprint density at radius 1 is 1.35 bits per heavy atom. The fourth-order valence-corrected chi connectivity index (χ4v) is 3.98. The van der Waals surface area contributed by atoms with E-state index in [-0.39, 0.29) is 6.61 Å². The molecule has 170 valence electrons. The highest BCUT2D eigenvalue weighted by Gasteiger charge is 2.46. The molecule has 0 radical (unpaired) electrons. The number of nitrogens with zero attached hydrogens (tertiary/aromatic N) is 3. The van der Waals surface area contributed by atoms with E-state index in [0.29, 0.717) is 22.9 Å². The number of nitrogens with one attached hydrogen (secondary N) is 1. The van der Waals surface area contributed by atoms with Crippen LogP contribution in [-0.2, 0) is 22.7 Å². The highest BCUT2D eigenvalue weighted by Crippen LogP contribution is 2.29. The fourth-order valence-electron chi connectivity index (χ4n) is 3.60. The first-order chi connectivity index (χ1) is 14.8. The minimum atomic E-state index is -1.39. The van der Waals surface area contributed by atoms with Crippen LogP contribution < -0.4 is 10.1 Å². The minimum Gasteiger partial charge on any atom is -0.486 e. The lowest BCUT2D eigenvalue weighted by molar-refractivity contribution is -0.219. The monoisotopic (exact) mass is 452 g/mol. The van der Waals surface area contributed by atoms with Crippen molar-refractivity contribution in [3.05, 3.63) is 40.4 Å². The SMILES string of the molecule is CCn1c(COc2cccc(C)c2)nn([C@@H]2O[C@H](CO)[C@@H](O)[C@H](O)[C@H]2NC(C)=O)c1=S. The van der Waals surface area contributed by atoms with Crippen LogP contribution in [0.5, 0.6) is 5.75 Å². The van der Waals surface area contributed by atoms with Crippen molar-refractivity contribution < 1.29 is 29.6 Å². The Kier molecular flexibility index (Phi) is 7.44. The van der Waals surface area contributed by atoms with Gasteiger partial charge in [-0.05, 0) is 43.8 Å². The Labute approximate surface area is 185 Å². The van der Waals surface area contributed by atoms with Gasteiger partial charge >= 0.3 is 0 Å². The molecule has 0 aliphatic carbocycles. The molecule has 1 saturated heterocycles. The lowest BCUT2D eigenvalue weighted by Crippen LogP contribution is -2.62. The van der Waals surface area contributed by atoms with Crippen LogP contribution in [0.4, 0.5) is 0 Å². The topological polar surface area (TPSA) is 131 Å². The summed E-state index contributed by atoms with van der Waals surface area (Å²) in [5.41, 5.74) is 1.06. The van der Waals surface area contributed by atoms with Crippen molar-refractivity contribution >= 4 is 18.1 Å². The van der Waals surface area contributed by atoms with Crippen LogP contribution in [-0.4, -0.2) is 66.5 Å². The normalized spacial score (nSPS) is 25.9. The van der Waals surface area contributed by atoms with Crippen LogP contribution in [0.2, 0.25) is 0 Å². The number of aryl methyl sites for hydroxylation is 1. The number of aliphatic hydroxyl groups is 3. The summed E-state index contributed by atoms with van der Waals surface area (Å²) in [5, 5.41) is 37.5. The summed E-state index contributed by atoms with van der Waals surface area (Å²) in [6.45, 7) is 5.29. The third kappa shape index (κ3) is 4.96. The first-order valence-electron chi connectivity index (χ1n) is 10.0. The molecular weight excluding hydrogens is 424 g/mol. The first kappa shape index (κ1) is 23.4. The summed E-state index contributed by atoms with van der Waals surface area (Å²) in [6.07, 6.45) is -4.87. The molecule has 5 atom stereocenters. The number of carbonyl (C=O) groups excluding carboxylic acids is 1. The van der Waals surface area contributed by atoms with Crippen molar-refractivity contribution in [1.29, 1.82) is 0 Å². The average Bonchev–Trinajstić information content (AvgIpc) is 3.05. The van der Waals surface area contributed by atoms with E-state index in [1.807, 2.05) is 38.1 Å². The van der Waals surface area contributed by atoms with Crippen molar-refractivity contribution in [3.8, 4) is 5.75 Å². The van der Waals surface area contributed by atoms with Gasteiger partial charge in [0.25, 0.3) is 0 Å². The molecule has 31 heavy (non-hydrogen) atoms. The van der Waals surface area contributed by atoms with E-state index in [1.54, 1.807) is 4.57 Å². The van der Waals surface area contributed by atoms with Crippen LogP contribution in [0.15, 0.2) is 24.3 Å². The number of benzene rings is 1. The molecule has 2 heterocycles. The molecule has 1 aromatic heterocycles. The molecule has 11 heteroatoms. The number of hydrogen-bond donors (Lipinski definition) is 4. The van der Waals surface area contributed by atoms with Crippen molar-refractivity contribution in [2.45, 2.75) is 64.5 Å². The summed E-state index contributed by atoms with van der Waals surface area (Å²) in [5.74, 6) is 0.795. The van der Waals surface area contributed by atoms with Crippen LogP contribution in [0.3, 0.4) is 0 Å². The number of aliphatic hydroxyl groups excluding tert-OH is 3. The van der Waals surface area contributed by atoms with E-state index in [4.69, 9.17) is 21.7 Å². The van der Waals surface area contributed by atoms with Gasteiger partial charge in [0.2, 0.25) is 5.91 Å². The van der Waals surface area contributed by atoms with Gasteiger partial charge in [0.05, 0.1) is 6.61 Å². The molecule has 4 N–H and O–H groups in total. The largest absolute Gasteiger partial charge is 0.486 e. The highest BCUT2D eigenvalue weighted by molar-refractivity contribution is 7.71. The van der Waals surface area contributed by atoms with Gasteiger partial charge in [-0.3, -0.25) is 4.79 Å². The van der Waals surface area contributed by atoms with E-state index < -0.39 is 43.1 Å². The number of carbonyl (C=O) groups is 1. The molecule has 0 unspecified atom stereocenters. The van der Waals surface area contributed by atoms with Gasteiger partial charge in [0, 0.05) is 13.5 Å². The Bertz CT molecular complexity index is 977. The molecule has 1 amide bonds. The van der Waals surface area contributed by atoms with E-state index in [0.717, 1.165) is 5.56 Å². The lowest BCUT2D eigenvalue weighted by atomic mass is 9.96. The second kappa shape index (κ2) is 9.88. The molecule has 2 aromatic rings. The molecule has 3 rings (SSSR count). The van der Waals surface area contributed by atoms with Gasteiger partial charge in [0.1, 0.15) is 36.7 Å². The van der Waals surface area contributed by atoms with Crippen LogP contribution >= 0.6 is 12.2 Å². The molecule has 1 fully saturated rings. The van der Waals surface area contributed by atoms with E-state index in [2.05, 4.69) is 10.4 Å². The van der Waals surface area contributed by atoms with Gasteiger partial charge in [-0.25, -0.2) is 4.68 Å². The summed E-state index contributed by atoms with van der Waals surface area (Å²) in [7, 11) is 0. The van der Waals surface area contributed by atoms with Crippen molar-refractivity contribution in [2.24, 2.45) is 0 Å². The predicted molar refractivity (Wildman–Crippen MR) is 113 cm³/mol. The number of hydrogen-bond acceptors (Lipinski definition) is 8. The quantitative estimate of drug-likeness (QED) is 0.445. The molecule has 1 aromatic carbocycles. The zero-order chi connectivity index (χ0) is 22.7. The molecular formula is C20H28N4O6S. The molecule has 0 spiro atoms. The third-order valence-electron chi connectivity index (χ3n) is 5.15. The van der Waals surface area contributed by atoms with Gasteiger partial charge in [-0.2, -0.15) is 5.10 Å². The Morgan fingerprint density at radius 2 is 2.10 bits per heavy atom. The predicted octanol–water partition coefficient (Wildman–Crippen LogP) is 0.438. The number of ether oxygens (including phenoxy) is 2. The van der Waals surface area contributed by atoms with Crippen molar-refractivity contribution in [1.82, 2.24) is 19.7 Å². The summed E-state index contributed by atoms with van der Waals surface area (Å²) in [4.78, 5) is 11.7. The molecule has 10 nitrogen and oxygen atoms in total. The van der Waals surface area contributed by atoms with Crippen LogP contribution in [0.1, 0.15) is 31.5 Å². The Balaban J connectivity index is 1.94. The van der Waals surface area contributed by atoms with Gasteiger partial charge < -0.3 is 34.7 Å². The van der Waals surface area contributed by atoms with Crippen LogP contribution in [0.25, 0.3) is 0 Å². The summed E-state index contributed by atoms with van der Waals surface area (Å²) in [6, 6.07) is 6.59. The Morgan fingerprint density at radius 3 is 2.71 bits per heavy atom. The van der Waals surface area contributed by atoms with E-state index in [9.17, 15) is 20.1 Å². The minimum absolute atomic E-state index is 0.139. The van der Waals surface area contributed by atoms with E-state index in [1.165, 1.54) is 11.6 Å². The fraction of sp³-hybridized carbons (Fsp3) is 0.550. The smallest absolute Gasteiger partial charge is 0.217 e. The second-order valence-electron chi connectivity index (χ2n) is 7.45. The third-order valence-corrected chi connectivity index (χ3v) is 5.55. The standard InChI is InChI=1S/C20H28N4O6S/c1-4-23-15(10-29-13-7-5-6-11(2)8-13)22-24(20(23)31)19-16(21-12(3)26)18(28)17(27)14(9-25)30-19/h5-8,14,16-19,25,27-28H,4,9-10H2,1-3H3,(H,21,26)/t14-,16-,17-,18-,19-/m1/s1. The maximum atomic E-state index is 11.7. The summed E-state index contributed by atoms with van der Waals surface area (Å²) >= 11 is 5.56. The molecule has 0 bridgehead atoms. The summed E-state index contributed by atoms with van der Waals surface area (Å²) < 4.78 is 15.1. The molecule has 1 aliphatic rings. The first-order valence-corrected chi connectivity index (χ1v) is 10.4. The molecule has 0 saturated carbocycles. The van der Waals surface area contributed by atoms with Crippen molar-refractivity contribution in [3.63, 3.8) is 0 Å². The average molecular weight is 453 g/mol. The Hall–Kier alpha value is -2.31. The number of rotatable bonds is 7. The molecule has 1 aliphatic heterocycles.